The molecule has 7 nitrogen and oxygen atoms in total. The molecule has 4 atom stereocenters. The third-order valence-electron chi connectivity index (χ3n) is 5.73. The average Bonchev–Trinajstić information content (AvgIpc) is 2.87. The monoisotopic (exact) mass is 484 g/mol. The highest BCUT2D eigenvalue weighted by molar-refractivity contribution is 5.81. The lowest BCUT2D eigenvalue weighted by Gasteiger charge is -2.36. The van der Waals surface area contributed by atoms with E-state index in [1.807, 2.05) is 54.6 Å². The predicted octanol–water partition coefficient (Wildman–Crippen LogP) is 4.74. The zero-order valence-corrected chi connectivity index (χ0v) is 20.5. The number of hydrogen-bond donors (Lipinski definition) is 1. The molecule has 35 heavy (non-hydrogen) atoms. The van der Waals surface area contributed by atoms with Crippen molar-refractivity contribution in [2.45, 2.75) is 63.8 Å². The van der Waals surface area contributed by atoms with E-state index < -0.39 is 18.4 Å². The molecule has 2 aromatic carbocycles. The van der Waals surface area contributed by atoms with Gasteiger partial charge in [-0.05, 0) is 37.5 Å². The number of benzene rings is 2. The number of aliphatic hydroxyl groups excluding tert-OH is 1. The second kappa shape index (κ2) is 14.6. The first-order valence-corrected chi connectivity index (χ1v) is 12.1. The van der Waals surface area contributed by atoms with Crippen molar-refractivity contribution in [3.05, 3.63) is 77.9 Å². The minimum Gasteiger partial charge on any atom is -0.497 e. The molecular weight excluding hydrogens is 448 g/mol. The van der Waals surface area contributed by atoms with Crippen molar-refractivity contribution in [1.29, 1.82) is 0 Å². The van der Waals surface area contributed by atoms with Crippen LogP contribution in [0.25, 0.3) is 0 Å². The lowest BCUT2D eigenvalue weighted by atomic mass is 10.00. The summed E-state index contributed by atoms with van der Waals surface area (Å²) >= 11 is 0. The molecule has 0 aromatic heterocycles. The Morgan fingerprint density at radius 2 is 1.86 bits per heavy atom. The van der Waals surface area contributed by atoms with Crippen molar-refractivity contribution in [2.75, 3.05) is 20.3 Å². The van der Waals surface area contributed by atoms with Gasteiger partial charge in [-0.1, -0.05) is 48.5 Å². The molecule has 3 rings (SSSR count). The highest BCUT2D eigenvalue weighted by Crippen LogP contribution is 2.33. The fourth-order valence-electron chi connectivity index (χ4n) is 3.93. The van der Waals surface area contributed by atoms with E-state index in [9.17, 15) is 9.90 Å². The molecule has 1 fully saturated rings. The Labute approximate surface area is 207 Å². The largest absolute Gasteiger partial charge is 0.497 e. The molecule has 1 saturated heterocycles. The van der Waals surface area contributed by atoms with Gasteiger partial charge in [-0.3, -0.25) is 0 Å². The van der Waals surface area contributed by atoms with Crippen molar-refractivity contribution in [3.63, 3.8) is 0 Å². The summed E-state index contributed by atoms with van der Waals surface area (Å²) in [5, 5.41) is 10.5. The summed E-state index contributed by atoms with van der Waals surface area (Å²) in [6, 6.07) is 17.6. The van der Waals surface area contributed by atoms with Crippen molar-refractivity contribution < 1.29 is 33.6 Å². The molecule has 0 spiro atoms. The first-order valence-electron chi connectivity index (χ1n) is 12.1. The smallest absolute Gasteiger partial charge is 0.330 e. The van der Waals surface area contributed by atoms with Gasteiger partial charge in [0.1, 0.15) is 5.75 Å². The fraction of sp³-hybridized carbons (Fsp3) is 0.464. The standard InChI is InChI=1S/C28H36O7/c1-3-33-27(30)11-7-10-23(29)18-26-19-25(34-28(35-26)22-8-5-4-6-9-22)16-17-32-20-21-12-14-24(31-2)15-13-21/h4-9,11-15,23,25-26,28-29H,3,10,16-20H2,1-2H3/b11-7+/t23-,25+,26-,28+/m1/s1. The number of hydrogen-bond acceptors (Lipinski definition) is 7. The maximum atomic E-state index is 11.5. The van der Waals surface area contributed by atoms with Gasteiger partial charge in [-0.15, -0.1) is 0 Å². The van der Waals surface area contributed by atoms with Crippen LogP contribution in [0.5, 0.6) is 5.75 Å². The molecule has 7 heteroatoms. The summed E-state index contributed by atoms with van der Waals surface area (Å²) in [7, 11) is 1.65. The summed E-state index contributed by atoms with van der Waals surface area (Å²) < 4.78 is 28.4. The van der Waals surface area contributed by atoms with Crippen molar-refractivity contribution in [2.24, 2.45) is 0 Å². The summed E-state index contributed by atoms with van der Waals surface area (Å²) in [6.45, 7) is 3.15. The Morgan fingerprint density at radius 3 is 2.57 bits per heavy atom. The minimum absolute atomic E-state index is 0.0582. The van der Waals surface area contributed by atoms with E-state index in [1.165, 1.54) is 6.08 Å². The van der Waals surface area contributed by atoms with Gasteiger partial charge in [-0.25, -0.2) is 4.79 Å². The number of rotatable bonds is 13. The topological polar surface area (TPSA) is 83.5 Å². The number of ether oxygens (including phenoxy) is 5. The van der Waals surface area contributed by atoms with Gasteiger partial charge < -0.3 is 28.8 Å². The van der Waals surface area contributed by atoms with E-state index in [-0.39, 0.29) is 12.2 Å². The van der Waals surface area contributed by atoms with Crippen LogP contribution in [-0.2, 0) is 30.3 Å². The van der Waals surface area contributed by atoms with E-state index in [4.69, 9.17) is 23.7 Å². The number of methoxy groups -OCH3 is 1. The SMILES string of the molecule is CCOC(=O)/C=C/C[C@@H](O)C[C@@H]1C[C@H](CCOCc2ccc(OC)cc2)O[C@H](c2ccccc2)O1. The summed E-state index contributed by atoms with van der Waals surface area (Å²) in [4.78, 5) is 11.5. The lowest BCUT2D eigenvalue weighted by Crippen LogP contribution is -2.36. The molecule has 0 bridgehead atoms. The molecule has 0 radical (unpaired) electrons. The van der Waals surface area contributed by atoms with Crippen LogP contribution in [0.2, 0.25) is 0 Å². The highest BCUT2D eigenvalue weighted by atomic mass is 16.7. The Morgan fingerprint density at radius 1 is 1.11 bits per heavy atom. The van der Waals surface area contributed by atoms with Crippen LogP contribution in [0.1, 0.15) is 50.0 Å². The number of carbonyl (C=O) groups is 1. The maximum absolute atomic E-state index is 11.5. The third kappa shape index (κ3) is 9.45. The van der Waals surface area contributed by atoms with Gasteiger partial charge in [0.05, 0.1) is 38.6 Å². The van der Waals surface area contributed by atoms with Crippen LogP contribution < -0.4 is 4.74 Å². The summed E-state index contributed by atoms with van der Waals surface area (Å²) in [5.74, 6) is 0.418. The van der Waals surface area contributed by atoms with E-state index >= 15 is 0 Å². The zero-order chi connectivity index (χ0) is 24.9. The van der Waals surface area contributed by atoms with Crippen molar-refractivity contribution >= 4 is 5.97 Å². The predicted molar refractivity (Wildman–Crippen MR) is 132 cm³/mol. The molecule has 0 unspecified atom stereocenters. The average molecular weight is 485 g/mol. The van der Waals surface area contributed by atoms with E-state index in [1.54, 1.807) is 20.1 Å². The maximum Gasteiger partial charge on any atom is 0.330 e. The van der Waals surface area contributed by atoms with Gasteiger partial charge in [0.15, 0.2) is 6.29 Å². The van der Waals surface area contributed by atoms with Crippen LogP contribution in [0, 0.1) is 0 Å². The quantitative estimate of drug-likeness (QED) is 0.250. The number of carbonyl (C=O) groups excluding carboxylic acids is 1. The van der Waals surface area contributed by atoms with Crippen LogP contribution in [-0.4, -0.2) is 49.7 Å². The number of aliphatic hydroxyl groups is 1. The van der Waals surface area contributed by atoms with Gasteiger partial charge in [-0.2, -0.15) is 0 Å². The van der Waals surface area contributed by atoms with E-state index in [2.05, 4.69) is 0 Å². The first-order chi connectivity index (χ1) is 17.1. The van der Waals surface area contributed by atoms with Crippen molar-refractivity contribution in [3.8, 4) is 5.75 Å². The molecule has 0 amide bonds. The van der Waals surface area contributed by atoms with Gasteiger partial charge in [0.25, 0.3) is 0 Å². The number of esters is 1. The zero-order valence-electron chi connectivity index (χ0n) is 20.5. The molecular formula is C28H36O7. The van der Waals surface area contributed by atoms with Crippen LogP contribution in [0.3, 0.4) is 0 Å². The minimum atomic E-state index is -0.632. The second-order valence-electron chi connectivity index (χ2n) is 8.46. The first kappa shape index (κ1) is 26.9. The van der Waals surface area contributed by atoms with Crippen molar-refractivity contribution in [1.82, 2.24) is 0 Å². The summed E-state index contributed by atoms with van der Waals surface area (Å²) in [5.41, 5.74) is 2.02. The second-order valence-corrected chi connectivity index (χ2v) is 8.46. The third-order valence-corrected chi connectivity index (χ3v) is 5.73. The molecule has 2 aromatic rings. The lowest BCUT2D eigenvalue weighted by molar-refractivity contribution is -0.254. The van der Waals surface area contributed by atoms with Gasteiger partial charge in [0, 0.05) is 31.1 Å². The van der Waals surface area contributed by atoms with Crippen LogP contribution >= 0.6 is 0 Å². The van der Waals surface area contributed by atoms with E-state index in [0.29, 0.717) is 39.1 Å². The molecule has 1 N–H and O–H groups in total. The Kier molecular flexibility index (Phi) is 11.2. The van der Waals surface area contributed by atoms with Gasteiger partial charge in [0.2, 0.25) is 0 Å². The Bertz CT molecular complexity index is 897. The molecule has 0 aliphatic carbocycles. The molecule has 1 aliphatic heterocycles. The highest BCUT2D eigenvalue weighted by Gasteiger charge is 2.32. The van der Waals surface area contributed by atoms with Crippen LogP contribution in [0.4, 0.5) is 0 Å². The molecule has 1 aliphatic rings. The summed E-state index contributed by atoms with van der Waals surface area (Å²) in [6.07, 6.45) is 3.81. The molecule has 190 valence electrons. The fourth-order valence-corrected chi connectivity index (χ4v) is 3.93. The Hall–Kier alpha value is -2.71. The van der Waals surface area contributed by atoms with Crippen LogP contribution in [0.15, 0.2) is 66.7 Å². The molecule has 1 heterocycles. The molecule has 0 saturated carbocycles. The normalized spacial score (nSPS) is 21.1. The van der Waals surface area contributed by atoms with Gasteiger partial charge >= 0.3 is 5.97 Å². The van der Waals surface area contributed by atoms with E-state index in [0.717, 1.165) is 23.3 Å². The Balaban J connectivity index is 1.51.